The van der Waals surface area contributed by atoms with Crippen LogP contribution in [0.3, 0.4) is 0 Å². The van der Waals surface area contributed by atoms with E-state index in [4.69, 9.17) is 4.74 Å². The topological polar surface area (TPSA) is 58.5 Å². The first-order valence-electron chi connectivity index (χ1n) is 4.58. The Bertz CT molecular complexity index is 300. The van der Waals surface area contributed by atoms with Crippen LogP contribution >= 0.6 is 0 Å². The van der Waals surface area contributed by atoms with Crippen molar-refractivity contribution in [2.24, 2.45) is 0 Å². The lowest BCUT2D eigenvalue weighted by molar-refractivity contribution is 0.385. The van der Waals surface area contributed by atoms with Gasteiger partial charge in [0, 0.05) is 13.1 Å². The van der Waals surface area contributed by atoms with Gasteiger partial charge in [0.1, 0.15) is 0 Å². The van der Waals surface area contributed by atoms with Crippen molar-refractivity contribution in [3.63, 3.8) is 0 Å². The minimum Gasteiger partial charge on any atom is -0.493 e. The second kappa shape index (κ2) is 4.64. The molecule has 5 nitrogen and oxygen atoms in total. The highest BCUT2D eigenvalue weighted by Gasteiger charge is 2.08. The van der Waals surface area contributed by atoms with Gasteiger partial charge in [0.15, 0.2) is 0 Å². The van der Waals surface area contributed by atoms with E-state index in [0.717, 1.165) is 13.1 Å². The largest absolute Gasteiger partial charge is 0.493 e. The molecule has 0 radical (unpaired) electrons. The fraction of sp³-hybridized carbons (Fsp3) is 0.556. The summed E-state index contributed by atoms with van der Waals surface area (Å²) in [5, 5.41) is 9.31. The Kier molecular flexibility index (Phi) is 3.50. The summed E-state index contributed by atoms with van der Waals surface area (Å²) in [7, 11) is 1.51. The summed E-state index contributed by atoms with van der Waals surface area (Å²) in [6, 6.07) is 1.38. The molecule has 0 unspecified atom stereocenters. The van der Waals surface area contributed by atoms with Crippen LogP contribution in [0.25, 0.3) is 0 Å². The van der Waals surface area contributed by atoms with Crippen molar-refractivity contribution in [1.82, 2.24) is 9.97 Å². The summed E-state index contributed by atoms with van der Waals surface area (Å²) in [5.41, 5.74) is 0. The minimum atomic E-state index is -0.0706. The molecule has 0 saturated heterocycles. The second-order valence-corrected chi connectivity index (χ2v) is 2.74. The van der Waals surface area contributed by atoms with Crippen LogP contribution in [0.5, 0.6) is 11.8 Å². The molecule has 0 aliphatic carbocycles. The predicted octanol–water partition coefficient (Wildman–Crippen LogP) is 1.04. The molecule has 0 spiro atoms. The van der Waals surface area contributed by atoms with Crippen molar-refractivity contribution in [1.29, 1.82) is 0 Å². The fourth-order valence-corrected chi connectivity index (χ4v) is 1.15. The number of ether oxygens (including phenoxy) is 1. The average molecular weight is 197 g/mol. The average Bonchev–Trinajstić information content (AvgIpc) is 2.19. The molecular formula is C9H15N3O2. The molecule has 1 N–H and O–H groups in total. The van der Waals surface area contributed by atoms with Crippen LogP contribution in [-0.2, 0) is 0 Å². The lowest BCUT2D eigenvalue weighted by Gasteiger charge is -2.18. The smallest absolute Gasteiger partial charge is 0.231 e. The SMILES string of the molecule is CCN(CC)c1nc(O)cc(OC)n1. The van der Waals surface area contributed by atoms with Crippen LogP contribution in [0.15, 0.2) is 6.07 Å². The number of aromatic nitrogens is 2. The van der Waals surface area contributed by atoms with Crippen LogP contribution in [0.4, 0.5) is 5.95 Å². The van der Waals surface area contributed by atoms with Crippen molar-refractivity contribution in [3.8, 4) is 11.8 Å². The Morgan fingerprint density at radius 2 is 2.00 bits per heavy atom. The molecule has 0 atom stereocenters. The van der Waals surface area contributed by atoms with Gasteiger partial charge in [0.25, 0.3) is 0 Å². The van der Waals surface area contributed by atoms with Crippen molar-refractivity contribution in [3.05, 3.63) is 6.07 Å². The number of nitrogens with zero attached hydrogens (tertiary/aromatic N) is 3. The van der Waals surface area contributed by atoms with Crippen molar-refractivity contribution >= 4 is 5.95 Å². The Labute approximate surface area is 83.4 Å². The van der Waals surface area contributed by atoms with Gasteiger partial charge in [-0.15, -0.1) is 0 Å². The first-order chi connectivity index (χ1) is 6.71. The number of hydrogen-bond donors (Lipinski definition) is 1. The van der Waals surface area contributed by atoms with Gasteiger partial charge in [-0.2, -0.15) is 9.97 Å². The lowest BCUT2D eigenvalue weighted by atomic mass is 10.5. The Balaban J connectivity index is 3.01. The monoisotopic (exact) mass is 197 g/mol. The molecule has 14 heavy (non-hydrogen) atoms. The van der Waals surface area contributed by atoms with Crippen LogP contribution in [0, 0.1) is 0 Å². The number of rotatable bonds is 4. The Morgan fingerprint density at radius 1 is 1.36 bits per heavy atom. The standard InChI is InChI=1S/C9H15N3O2/c1-4-12(5-2)9-10-7(13)6-8(11-9)14-3/h6H,4-5H2,1-3H3,(H,10,11,13). The number of methoxy groups -OCH3 is 1. The molecule has 1 aromatic rings. The molecule has 0 aliphatic heterocycles. The molecule has 0 fully saturated rings. The molecule has 0 saturated carbocycles. The van der Waals surface area contributed by atoms with Gasteiger partial charge >= 0.3 is 0 Å². The molecule has 1 heterocycles. The van der Waals surface area contributed by atoms with E-state index in [-0.39, 0.29) is 5.88 Å². The van der Waals surface area contributed by atoms with E-state index in [2.05, 4.69) is 9.97 Å². The van der Waals surface area contributed by atoms with E-state index in [1.165, 1.54) is 13.2 Å². The molecule has 0 amide bonds. The highest BCUT2D eigenvalue weighted by Crippen LogP contribution is 2.18. The van der Waals surface area contributed by atoms with E-state index in [1.54, 1.807) is 0 Å². The number of anilines is 1. The summed E-state index contributed by atoms with van der Waals surface area (Å²) in [5.74, 6) is 0.796. The molecule has 0 bridgehead atoms. The third kappa shape index (κ3) is 2.25. The molecular weight excluding hydrogens is 182 g/mol. The van der Waals surface area contributed by atoms with Crippen LogP contribution < -0.4 is 9.64 Å². The summed E-state index contributed by atoms with van der Waals surface area (Å²) < 4.78 is 4.94. The van der Waals surface area contributed by atoms with Gasteiger partial charge in [-0.1, -0.05) is 0 Å². The zero-order valence-corrected chi connectivity index (χ0v) is 8.69. The van der Waals surface area contributed by atoms with Gasteiger partial charge in [-0.05, 0) is 13.8 Å². The minimum absolute atomic E-state index is 0.0706. The van der Waals surface area contributed by atoms with E-state index in [9.17, 15) is 5.11 Å². The highest BCUT2D eigenvalue weighted by molar-refractivity contribution is 5.35. The Morgan fingerprint density at radius 3 is 2.50 bits per heavy atom. The zero-order valence-electron chi connectivity index (χ0n) is 8.69. The van der Waals surface area contributed by atoms with Gasteiger partial charge in [0.05, 0.1) is 13.2 Å². The predicted molar refractivity (Wildman–Crippen MR) is 53.8 cm³/mol. The van der Waals surface area contributed by atoms with Crippen LogP contribution in [-0.4, -0.2) is 35.3 Å². The van der Waals surface area contributed by atoms with Crippen molar-refractivity contribution in [2.75, 3.05) is 25.1 Å². The molecule has 5 heteroatoms. The summed E-state index contributed by atoms with van der Waals surface area (Å²) >= 11 is 0. The molecule has 0 aromatic carbocycles. The normalized spacial score (nSPS) is 9.93. The van der Waals surface area contributed by atoms with Gasteiger partial charge in [-0.3, -0.25) is 0 Å². The quantitative estimate of drug-likeness (QED) is 0.781. The summed E-state index contributed by atoms with van der Waals surface area (Å²) in [4.78, 5) is 9.97. The number of hydrogen-bond acceptors (Lipinski definition) is 5. The molecule has 1 aromatic heterocycles. The molecule has 78 valence electrons. The van der Waals surface area contributed by atoms with Crippen LogP contribution in [0.1, 0.15) is 13.8 Å². The molecule has 1 rings (SSSR count). The van der Waals surface area contributed by atoms with E-state index in [1.807, 2.05) is 18.7 Å². The maximum atomic E-state index is 9.31. The first-order valence-corrected chi connectivity index (χ1v) is 4.58. The molecule has 0 aliphatic rings. The highest BCUT2D eigenvalue weighted by atomic mass is 16.5. The third-order valence-electron chi connectivity index (χ3n) is 1.93. The van der Waals surface area contributed by atoms with E-state index < -0.39 is 0 Å². The van der Waals surface area contributed by atoms with E-state index >= 15 is 0 Å². The Hall–Kier alpha value is -1.52. The third-order valence-corrected chi connectivity index (χ3v) is 1.93. The fourth-order valence-electron chi connectivity index (χ4n) is 1.15. The van der Waals surface area contributed by atoms with Crippen LogP contribution in [0.2, 0.25) is 0 Å². The maximum absolute atomic E-state index is 9.31. The van der Waals surface area contributed by atoms with Gasteiger partial charge < -0.3 is 14.7 Å². The summed E-state index contributed by atoms with van der Waals surface area (Å²) in [6.45, 7) is 5.60. The zero-order chi connectivity index (χ0) is 10.6. The second-order valence-electron chi connectivity index (χ2n) is 2.74. The van der Waals surface area contributed by atoms with E-state index in [0.29, 0.717) is 11.8 Å². The maximum Gasteiger partial charge on any atom is 0.231 e. The summed E-state index contributed by atoms with van der Waals surface area (Å²) in [6.07, 6.45) is 0. The van der Waals surface area contributed by atoms with Gasteiger partial charge in [0.2, 0.25) is 17.7 Å². The van der Waals surface area contributed by atoms with Crippen molar-refractivity contribution < 1.29 is 9.84 Å². The van der Waals surface area contributed by atoms with Gasteiger partial charge in [-0.25, -0.2) is 0 Å². The lowest BCUT2D eigenvalue weighted by Crippen LogP contribution is -2.24. The van der Waals surface area contributed by atoms with Crippen molar-refractivity contribution in [2.45, 2.75) is 13.8 Å². The number of aromatic hydroxyl groups is 1. The first kappa shape index (κ1) is 10.6.